The quantitative estimate of drug-likeness (QED) is 0.801. The Kier molecular flexibility index (Phi) is 6.30. The van der Waals surface area contributed by atoms with Gasteiger partial charge in [0.2, 0.25) is 5.91 Å². The third-order valence-corrected chi connectivity index (χ3v) is 3.14. The molecule has 0 saturated heterocycles. The largest absolute Gasteiger partial charge is 0.480 e. The lowest BCUT2D eigenvalue weighted by atomic mass is 10.1. The molecule has 0 aromatic heterocycles. The molecule has 1 rings (SSSR count). The molecule has 6 heteroatoms. The van der Waals surface area contributed by atoms with Crippen molar-refractivity contribution in [2.24, 2.45) is 0 Å². The van der Waals surface area contributed by atoms with Crippen molar-refractivity contribution in [1.82, 2.24) is 10.2 Å². The lowest BCUT2D eigenvalue weighted by molar-refractivity contribution is -0.139. The summed E-state index contributed by atoms with van der Waals surface area (Å²) >= 11 is 0. The Hall–Kier alpha value is -1.95. The van der Waals surface area contributed by atoms with E-state index in [0.717, 1.165) is 0 Å². The van der Waals surface area contributed by atoms with Crippen molar-refractivity contribution in [1.29, 1.82) is 0 Å². The first kappa shape index (κ1) is 17.1. The summed E-state index contributed by atoms with van der Waals surface area (Å²) in [6.45, 7) is 5.35. The minimum absolute atomic E-state index is 0.00168. The molecule has 0 unspecified atom stereocenters. The number of carbonyl (C=O) groups excluding carboxylic acids is 1. The minimum Gasteiger partial charge on any atom is -0.480 e. The van der Waals surface area contributed by atoms with Crippen molar-refractivity contribution in [3.05, 3.63) is 35.1 Å². The number of aryl methyl sites for hydroxylation is 1. The molecule has 0 aliphatic heterocycles. The fraction of sp³-hybridized carbons (Fsp3) is 0.467. The number of carboxylic acid groups (broad SMARTS) is 1. The first-order chi connectivity index (χ1) is 9.79. The predicted octanol–water partition coefficient (Wildman–Crippen LogP) is 1.55. The van der Waals surface area contributed by atoms with Crippen LogP contribution in [0.3, 0.4) is 0 Å². The van der Waals surface area contributed by atoms with Gasteiger partial charge in [-0.15, -0.1) is 0 Å². The zero-order valence-electron chi connectivity index (χ0n) is 12.5. The van der Waals surface area contributed by atoms with Crippen LogP contribution in [0.15, 0.2) is 18.2 Å². The molecule has 21 heavy (non-hydrogen) atoms. The van der Waals surface area contributed by atoms with Crippen molar-refractivity contribution in [3.63, 3.8) is 0 Å². The number of rotatable bonds is 7. The average Bonchev–Trinajstić information content (AvgIpc) is 2.38. The molecule has 0 radical (unpaired) electrons. The number of carboxylic acids is 1. The number of halogens is 1. The number of benzene rings is 1. The van der Waals surface area contributed by atoms with E-state index >= 15 is 0 Å². The highest BCUT2D eigenvalue weighted by Crippen LogP contribution is 2.08. The lowest BCUT2D eigenvalue weighted by Crippen LogP contribution is -2.43. The normalized spacial score (nSPS) is 11.0. The van der Waals surface area contributed by atoms with Crippen molar-refractivity contribution in [2.45, 2.75) is 33.4 Å². The number of carbonyl (C=O) groups is 2. The van der Waals surface area contributed by atoms with Crippen LogP contribution in [0.2, 0.25) is 0 Å². The summed E-state index contributed by atoms with van der Waals surface area (Å²) in [5, 5.41) is 11.5. The van der Waals surface area contributed by atoms with Crippen LogP contribution in [0.1, 0.15) is 25.0 Å². The van der Waals surface area contributed by atoms with Gasteiger partial charge in [-0.1, -0.05) is 12.1 Å². The van der Waals surface area contributed by atoms with E-state index in [1.54, 1.807) is 24.0 Å². The van der Waals surface area contributed by atoms with Crippen molar-refractivity contribution < 1.29 is 19.1 Å². The summed E-state index contributed by atoms with van der Waals surface area (Å²) in [6.07, 6.45) is 0. The molecule has 116 valence electrons. The monoisotopic (exact) mass is 296 g/mol. The summed E-state index contributed by atoms with van der Waals surface area (Å²) in [5.74, 6) is -1.57. The van der Waals surface area contributed by atoms with Crippen LogP contribution in [0.5, 0.6) is 0 Å². The fourth-order valence-corrected chi connectivity index (χ4v) is 1.78. The molecule has 1 amide bonds. The molecule has 1 aromatic carbocycles. The molecule has 0 atom stereocenters. The second-order valence-corrected chi connectivity index (χ2v) is 5.25. The first-order valence-electron chi connectivity index (χ1n) is 6.77. The van der Waals surface area contributed by atoms with Crippen LogP contribution in [0.4, 0.5) is 4.39 Å². The zero-order chi connectivity index (χ0) is 16.0. The van der Waals surface area contributed by atoms with Gasteiger partial charge < -0.3 is 10.4 Å². The van der Waals surface area contributed by atoms with E-state index in [1.807, 2.05) is 13.8 Å². The molecule has 0 fully saturated rings. The number of hydrogen-bond donors (Lipinski definition) is 2. The Morgan fingerprint density at radius 2 is 2.00 bits per heavy atom. The maximum Gasteiger partial charge on any atom is 0.317 e. The van der Waals surface area contributed by atoms with Gasteiger partial charge in [0, 0.05) is 12.6 Å². The summed E-state index contributed by atoms with van der Waals surface area (Å²) in [6, 6.07) is 4.73. The van der Waals surface area contributed by atoms with Crippen molar-refractivity contribution >= 4 is 11.9 Å². The number of hydrogen-bond acceptors (Lipinski definition) is 3. The third-order valence-electron chi connectivity index (χ3n) is 3.14. The van der Waals surface area contributed by atoms with Gasteiger partial charge in [-0.3, -0.25) is 14.5 Å². The van der Waals surface area contributed by atoms with Gasteiger partial charge in [0.25, 0.3) is 0 Å². The van der Waals surface area contributed by atoms with Gasteiger partial charge in [0.1, 0.15) is 5.82 Å². The molecule has 1 aromatic rings. The van der Waals surface area contributed by atoms with Gasteiger partial charge >= 0.3 is 5.97 Å². The van der Waals surface area contributed by atoms with E-state index in [4.69, 9.17) is 5.11 Å². The van der Waals surface area contributed by atoms with Gasteiger partial charge in [0.05, 0.1) is 13.1 Å². The second-order valence-electron chi connectivity index (χ2n) is 5.25. The standard InChI is InChI=1S/C15H21FN2O3/c1-10(2)18(9-15(20)21)8-14(19)17-7-12-5-4-11(3)13(16)6-12/h4-6,10H,7-9H2,1-3H3,(H,17,19)(H,20,21). The molecule has 0 saturated carbocycles. The van der Waals surface area contributed by atoms with E-state index in [9.17, 15) is 14.0 Å². The highest BCUT2D eigenvalue weighted by molar-refractivity contribution is 5.79. The summed E-state index contributed by atoms with van der Waals surface area (Å²) in [7, 11) is 0. The maximum atomic E-state index is 13.4. The maximum absolute atomic E-state index is 13.4. The molecule has 0 spiro atoms. The van der Waals surface area contributed by atoms with E-state index in [0.29, 0.717) is 11.1 Å². The molecule has 0 aliphatic carbocycles. The molecule has 0 heterocycles. The van der Waals surface area contributed by atoms with Crippen molar-refractivity contribution in [3.8, 4) is 0 Å². The Labute approximate surface area is 123 Å². The minimum atomic E-state index is -0.975. The number of amides is 1. The van der Waals surface area contributed by atoms with Crippen LogP contribution in [-0.2, 0) is 16.1 Å². The Balaban J connectivity index is 2.52. The molecule has 0 bridgehead atoms. The zero-order valence-corrected chi connectivity index (χ0v) is 12.5. The summed E-state index contributed by atoms with van der Waals surface area (Å²) < 4.78 is 13.4. The lowest BCUT2D eigenvalue weighted by Gasteiger charge is -2.23. The third kappa shape index (κ3) is 5.91. The Morgan fingerprint density at radius 1 is 1.33 bits per heavy atom. The fourth-order valence-electron chi connectivity index (χ4n) is 1.78. The van der Waals surface area contributed by atoms with Gasteiger partial charge in [-0.25, -0.2) is 4.39 Å². The SMILES string of the molecule is Cc1ccc(CNC(=O)CN(CC(=O)O)C(C)C)cc1F. The topological polar surface area (TPSA) is 69.6 Å². The first-order valence-corrected chi connectivity index (χ1v) is 6.77. The second kappa shape index (κ2) is 7.73. The average molecular weight is 296 g/mol. The van der Waals surface area contributed by atoms with Gasteiger partial charge in [0.15, 0.2) is 0 Å². The van der Waals surface area contributed by atoms with Crippen LogP contribution in [0, 0.1) is 12.7 Å². The highest BCUT2D eigenvalue weighted by atomic mass is 19.1. The summed E-state index contributed by atoms with van der Waals surface area (Å²) in [5.41, 5.74) is 1.22. The van der Waals surface area contributed by atoms with Crippen LogP contribution < -0.4 is 5.32 Å². The van der Waals surface area contributed by atoms with E-state index in [-0.39, 0.29) is 37.4 Å². The molecular weight excluding hydrogens is 275 g/mol. The van der Waals surface area contributed by atoms with E-state index < -0.39 is 5.97 Å². The van der Waals surface area contributed by atoms with Gasteiger partial charge in [-0.05, 0) is 38.0 Å². The van der Waals surface area contributed by atoms with Crippen molar-refractivity contribution in [2.75, 3.05) is 13.1 Å². The number of nitrogens with zero attached hydrogens (tertiary/aromatic N) is 1. The Morgan fingerprint density at radius 3 is 2.52 bits per heavy atom. The highest BCUT2D eigenvalue weighted by Gasteiger charge is 2.16. The Bertz CT molecular complexity index is 518. The molecule has 5 nitrogen and oxygen atoms in total. The molecular formula is C15H21FN2O3. The molecule has 2 N–H and O–H groups in total. The van der Waals surface area contributed by atoms with E-state index in [1.165, 1.54) is 6.07 Å². The van der Waals surface area contributed by atoms with Gasteiger partial charge in [-0.2, -0.15) is 0 Å². The number of aliphatic carboxylic acids is 1. The smallest absolute Gasteiger partial charge is 0.317 e. The molecule has 0 aliphatic rings. The van der Waals surface area contributed by atoms with E-state index in [2.05, 4.69) is 5.32 Å². The van der Waals surface area contributed by atoms with Crippen LogP contribution >= 0.6 is 0 Å². The van der Waals surface area contributed by atoms with Crippen LogP contribution in [-0.4, -0.2) is 41.0 Å². The summed E-state index contributed by atoms with van der Waals surface area (Å²) in [4.78, 5) is 24.1. The van der Waals surface area contributed by atoms with Crippen LogP contribution in [0.25, 0.3) is 0 Å². The predicted molar refractivity (Wildman–Crippen MR) is 77.3 cm³/mol. The number of nitrogens with one attached hydrogen (secondary N) is 1.